The van der Waals surface area contributed by atoms with E-state index < -0.39 is 10.0 Å². The average molecular weight is 354 g/mol. The van der Waals surface area contributed by atoms with Gasteiger partial charge < -0.3 is 10.1 Å². The molecule has 0 bridgehead atoms. The minimum Gasteiger partial charge on any atom is -0.497 e. The van der Waals surface area contributed by atoms with Crippen molar-refractivity contribution in [3.05, 3.63) is 46.2 Å². The third-order valence-electron chi connectivity index (χ3n) is 2.97. The second kappa shape index (κ2) is 7.58. The average Bonchev–Trinajstić information content (AvgIpc) is 2.96. The summed E-state index contributed by atoms with van der Waals surface area (Å²) in [6.45, 7) is 0.318. The van der Waals surface area contributed by atoms with E-state index in [0.29, 0.717) is 23.5 Å². The first kappa shape index (κ1) is 17.5. The van der Waals surface area contributed by atoms with Crippen molar-refractivity contribution in [1.29, 1.82) is 0 Å². The standard InChI is InChI=1S/C15H18N2O4S2/c1-21-12-5-3-11(4-6-12)17-15(18)14-8-7-13(22-14)9-10-16-23(2,19)20/h3-8,16H,9-10H2,1-2H3,(H,17,18). The number of hydrogen-bond donors (Lipinski definition) is 2. The Balaban J connectivity index is 1.92. The topological polar surface area (TPSA) is 84.5 Å². The maximum absolute atomic E-state index is 12.2. The van der Waals surface area contributed by atoms with Crippen LogP contribution in [0.5, 0.6) is 5.75 Å². The maximum atomic E-state index is 12.2. The number of benzene rings is 1. The zero-order chi connectivity index (χ0) is 16.9. The van der Waals surface area contributed by atoms with E-state index in [1.807, 2.05) is 6.07 Å². The lowest BCUT2D eigenvalue weighted by molar-refractivity contribution is 0.103. The summed E-state index contributed by atoms with van der Waals surface area (Å²) in [7, 11) is -1.60. The molecular formula is C15H18N2O4S2. The van der Waals surface area contributed by atoms with E-state index in [-0.39, 0.29) is 5.91 Å². The van der Waals surface area contributed by atoms with Crippen LogP contribution in [0.25, 0.3) is 0 Å². The van der Waals surface area contributed by atoms with Gasteiger partial charge in [0.2, 0.25) is 10.0 Å². The second-order valence-electron chi connectivity index (χ2n) is 4.87. The molecule has 1 amide bonds. The minimum absolute atomic E-state index is 0.192. The van der Waals surface area contributed by atoms with Gasteiger partial charge in [-0.15, -0.1) is 11.3 Å². The molecule has 1 heterocycles. The number of rotatable bonds is 7. The third kappa shape index (κ3) is 5.66. The van der Waals surface area contributed by atoms with E-state index in [0.717, 1.165) is 16.9 Å². The number of hydrogen-bond acceptors (Lipinski definition) is 5. The molecule has 124 valence electrons. The Kier molecular flexibility index (Phi) is 5.75. The molecule has 8 heteroatoms. The molecule has 1 aromatic heterocycles. The van der Waals surface area contributed by atoms with Crippen LogP contribution in [0.2, 0.25) is 0 Å². The van der Waals surface area contributed by atoms with Crippen LogP contribution in [0.1, 0.15) is 14.5 Å². The zero-order valence-electron chi connectivity index (χ0n) is 12.8. The molecule has 1 aromatic carbocycles. The third-order valence-corrected chi connectivity index (χ3v) is 4.84. The lowest BCUT2D eigenvalue weighted by atomic mass is 10.3. The van der Waals surface area contributed by atoms with Crippen molar-refractivity contribution in [2.45, 2.75) is 6.42 Å². The number of anilines is 1. The molecule has 0 aliphatic carbocycles. The van der Waals surface area contributed by atoms with Crippen molar-refractivity contribution in [1.82, 2.24) is 4.72 Å². The lowest BCUT2D eigenvalue weighted by Crippen LogP contribution is -2.24. The summed E-state index contributed by atoms with van der Waals surface area (Å²) in [6, 6.07) is 10.6. The van der Waals surface area contributed by atoms with Gasteiger partial charge >= 0.3 is 0 Å². The molecular weight excluding hydrogens is 336 g/mol. The van der Waals surface area contributed by atoms with Crippen molar-refractivity contribution >= 4 is 33.0 Å². The van der Waals surface area contributed by atoms with Crippen molar-refractivity contribution in [3.8, 4) is 5.75 Å². The summed E-state index contributed by atoms with van der Waals surface area (Å²) in [5.41, 5.74) is 0.685. The number of methoxy groups -OCH3 is 1. The first-order valence-electron chi connectivity index (χ1n) is 6.86. The number of carbonyl (C=O) groups excluding carboxylic acids is 1. The predicted octanol–water partition coefficient (Wildman–Crippen LogP) is 2.10. The van der Waals surface area contributed by atoms with Crippen molar-refractivity contribution in [2.24, 2.45) is 0 Å². The number of amides is 1. The summed E-state index contributed by atoms with van der Waals surface area (Å²) < 4.78 is 29.5. The largest absolute Gasteiger partial charge is 0.497 e. The monoisotopic (exact) mass is 354 g/mol. The molecule has 23 heavy (non-hydrogen) atoms. The fourth-order valence-corrected chi connectivity index (χ4v) is 3.24. The van der Waals surface area contributed by atoms with E-state index in [2.05, 4.69) is 10.0 Å². The summed E-state index contributed by atoms with van der Waals surface area (Å²) >= 11 is 1.35. The normalized spacial score (nSPS) is 11.2. The molecule has 2 N–H and O–H groups in total. The number of thiophene rings is 1. The highest BCUT2D eigenvalue weighted by Crippen LogP contribution is 2.20. The van der Waals surface area contributed by atoms with Gasteiger partial charge in [0.05, 0.1) is 18.2 Å². The highest BCUT2D eigenvalue weighted by Gasteiger charge is 2.10. The van der Waals surface area contributed by atoms with Crippen LogP contribution in [0.4, 0.5) is 5.69 Å². The molecule has 0 atom stereocenters. The first-order chi connectivity index (χ1) is 10.9. The van der Waals surface area contributed by atoms with Gasteiger partial charge in [0.15, 0.2) is 0 Å². The molecule has 0 aliphatic heterocycles. The van der Waals surface area contributed by atoms with Crippen LogP contribution >= 0.6 is 11.3 Å². The van der Waals surface area contributed by atoms with E-state index in [1.165, 1.54) is 11.3 Å². The van der Waals surface area contributed by atoms with Crippen LogP contribution in [-0.4, -0.2) is 34.2 Å². The van der Waals surface area contributed by atoms with Gasteiger partial charge in [-0.3, -0.25) is 4.79 Å². The Morgan fingerprint density at radius 1 is 1.17 bits per heavy atom. The molecule has 0 saturated carbocycles. The van der Waals surface area contributed by atoms with Gasteiger partial charge in [-0.25, -0.2) is 13.1 Å². The summed E-state index contributed by atoms with van der Waals surface area (Å²) in [5, 5.41) is 2.81. The van der Waals surface area contributed by atoms with Gasteiger partial charge in [0.25, 0.3) is 5.91 Å². The second-order valence-corrected chi connectivity index (χ2v) is 7.87. The quantitative estimate of drug-likeness (QED) is 0.797. The fraction of sp³-hybridized carbons (Fsp3) is 0.267. The van der Waals surface area contributed by atoms with Crippen LogP contribution in [0.15, 0.2) is 36.4 Å². The number of carbonyl (C=O) groups is 1. The van der Waals surface area contributed by atoms with Gasteiger partial charge in [-0.2, -0.15) is 0 Å². The minimum atomic E-state index is -3.19. The Bertz CT molecular complexity index is 767. The molecule has 0 spiro atoms. The molecule has 2 aromatic rings. The Hall–Kier alpha value is -1.90. The molecule has 6 nitrogen and oxygen atoms in total. The Labute approximate surface area is 139 Å². The number of sulfonamides is 1. The summed E-state index contributed by atoms with van der Waals surface area (Å²) in [5.74, 6) is 0.530. The predicted molar refractivity (Wildman–Crippen MR) is 91.8 cm³/mol. The van der Waals surface area contributed by atoms with Gasteiger partial charge in [0.1, 0.15) is 5.75 Å². The van der Waals surface area contributed by atoms with Crippen molar-refractivity contribution in [3.63, 3.8) is 0 Å². The number of ether oxygens (including phenoxy) is 1. The van der Waals surface area contributed by atoms with E-state index in [4.69, 9.17) is 4.74 Å². The Morgan fingerprint density at radius 2 is 1.87 bits per heavy atom. The molecule has 0 saturated heterocycles. The highest BCUT2D eigenvalue weighted by molar-refractivity contribution is 7.88. The van der Waals surface area contributed by atoms with Crippen LogP contribution < -0.4 is 14.8 Å². The van der Waals surface area contributed by atoms with Gasteiger partial charge in [0, 0.05) is 17.1 Å². The van der Waals surface area contributed by atoms with Crippen LogP contribution in [0, 0.1) is 0 Å². The summed E-state index contributed by atoms with van der Waals surface area (Å²) in [4.78, 5) is 13.7. The molecule has 2 rings (SSSR count). The molecule has 0 radical (unpaired) electrons. The van der Waals surface area contributed by atoms with Gasteiger partial charge in [-0.1, -0.05) is 0 Å². The van der Waals surface area contributed by atoms with Gasteiger partial charge in [-0.05, 0) is 42.8 Å². The molecule has 0 aliphatic rings. The van der Waals surface area contributed by atoms with E-state index in [1.54, 1.807) is 37.4 Å². The smallest absolute Gasteiger partial charge is 0.265 e. The molecule has 0 fully saturated rings. The van der Waals surface area contributed by atoms with Crippen molar-refractivity contribution in [2.75, 3.05) is 25.2 Å². The Morgan fingerprint density at radius 3 is 2.48 bits per heavy atom. The maximum Gasteiger partial charge on any atom is 0.265 e. The van der Waals surface area contributed by atoms with Crippen molar-refractivity contribution < 1.29 is 17.9 Å². The van der Waals surface area contributed by atoms with Crippen LogP contribution in [0.3, 0.4) is 0 Å². The fourth-order valence-electron chi connectivity index (χ4n) is 1.86. The first-order valence-corrected chi connectivity index (χ1v) is 9.57. The number of nitrogens with one attached hydrogen (secondary N) is 2. The zero-order valence-corrected chi connectivity index (χ0v) is 14.5. The van der Waals surface area contributed by atoms with Crippen LogP contribution in [-0.2, 0) is 16.4 Å². The van der Waals surface area contributed by atoms with E-state index in [9.17, 15) is 13.2 Å². The van der Waals surface area contributed by atoms with E-state index >= 15 is 0 Å². The SMILES string of the molecule is COc1ccc(NC(=O)c2ccc(CCNS(C)(=O)=O)s2)cc1. The lowest BCUT2D eigenvalue weighted by Gasteiger charge is -2.05. The molecule has 0 unspecified atom stereocenters. The summed E-state index contributed by atoms with van der Waals surface area (Å²) in [6.07, 6.45) is 1.67. The highest BCUT2D eigenvalue weighted by atomic mass is 32.2.